The fraction of sp³-hybridized carbons (Fsp3) is 0.278. The molecule has 0 saturated carbocycles. The molecule has 0 fully saturated rings. The van der Waals surface area contributed by atoms with Gasteiger partial charge in [0.05, 0.1) is 5.52 Å². The molecule has 0 amide bonds. The van der Waals surface area contributed by atoms with Crippen LogP contribution >= 0.6 is 0 Å². The first-order valence-corrected chi connectivity index (χ1v) is 8.15. The van der Waals surface area contributed by atoms with Gasteiger partial charge in [-0.3, -0.25) is 4.68 Å². The fourth-order valence-corrected chi connectivity index (χ4v) is 2.77. The number of aliphatic hydroxyl groups excluding tert-OH is 1. The molecule has 0 aliphatic heterocycles. The number of aromatic nitrogens is 2. The number of nitrogen functional groups attached to an aromatic ring is 1. The van der Waals surface area contributed by atoms with E-state index in [4.69, 9.17) is 15.6 Å². The van der Waals surface area contributed by atoms with Crippen molar-refractivity contribution >= 4 is 16.7 Å². The summed E-state index contributed by atoms with van der Waals surface area (Å²) >= 11 is 0. The van der Waals surface area contributed by atoms with E-state index in [0.717, 1.165) is 18.2 Å². The second kappa shape index (κ2) is 7.43. The molecule has 0 saturated heterocycles. The summed E-state index contributed by atoms with van der Waals surface area (Å²) in [6.07, 6.45) is -4.05. The number of hydrogen-bond donors (Lipinski definition) is 2. The molecule has 27 heavy (non-hydrogen) atoms. The number of fused-ring (bicyclic) bond motifs is 1. The first kappa shape index (κ1) is 19.0. The lowest BCUT2D eigenvalue weighted by Gasteiger charge is -2.14. The number of benzene rings is 2. The molecule has 0 spiro atoms. The molecule has 0 atom stereocenters. The monoisotopic (exact) mass is 383 g/mol. The van der Waals surface area contributed by atoms with Crippen LogP contribution in [0.1, 0.15) is 6.42 Å². The molecule has 9 heteroatoms. The molecule has 144 valence electrons. The Morgan fingerprint density at radius 2 is 1.93 bits per heavy atom. The third kappa shape index (κ3) is 4.30. The Labute approximate surface area is 152 Å². The molecule has 0 bridgehead atoms. The first-order chi connectivity index (χ1) is 12.8. The summed E-state index contributed by atoms with van der Waals surface area (Å²) in [5.74, 6) is -0.387. The minimum atomic E-state index is -4.51. The van der Waals surface area contributed by atoms with Crippen LogP contribution in [0.3, 0.4) is 0 Å². The number of anilines is 1. The van der Waals surface area contributed by atoms with Gasteiger partial charge < -0.3 is 15.6 Å². The highest BCUT2D eigenvalue weighted by Crippen LogP contribution is 2.34. The molecule has 0 unspecified atom stereocenters. The largest absolute Gasteiger partial charge is 0.483 e. The van der Waals surface area contributed by atoms with Crippen LogP contribution in [0, 0.1) is 5.82 Å². The van der Waals surface area contributed by atoms with Crippen molar-refractivity contribution in [1.29, 1.82) is 0 Å². The molecule has 0 aliphatic rings. The van der Waals surface area contributed by atoms with Crippen molar-refractivity contribution in [2.45, 2.75) is 19.1 Å². The topological polar surface area (TPSA) is 73.3 Å². The zero-order valence-corrected chi connectivity index (χ0v) is 14.1. The summed E-state index contributed by atoms with van der Waals surface area (Å²) in [5.41, 5.74) is 7.16. The van der Waals surface area contributed by atoms with Crippen LogP contribution in [-0.4, -0.2) is 34.3 Å². The van der Waals surface area contributed by atoms with Crippen LogP contribution in [0.2, 0.25) is 0 Å². The van der Waals surface area contributed by atoms with Crippen LogP contribution in [0.15, 0.2) is 36.4 Å². The van der Waals surface area contributed by atoms with Gasteiger partial charge in [-0.25, -0.2) is 4.39 Å². The normalized spacial score (nSPS) is 11.9. The first-order valence-electron chi connectivity index (χ1n) is 8.15. The maximum absolute atomic E-state index is 13.7. The van der Waals surface area contributed by atoms with E-state index in [0.29, 0.717) is 35.2 Å². The molecular formula is C18H17F4N3O2. The van der Waals surface area contributed by atoms with E-state index in [1.54, 1.807) is 22.9 Å². The van der Waals surface area contributed by atoms with E-state index in [2.05, 4.69) is 5.10 Å². The number of nitrogens with two attached hydrogens (primary N) is 1. The molecule has 3 aromatic rings. The Morgan fingerprint density at radius 3 is 2.63 bits per heavy atom. The predicted octanol–water partition coefficient (Wildman–Crippen LogP) is 3.75. The number of aliphatic hydroxyl groups is 1. The molecule has 5 nitrogen and oxygen atoms in total. The summed E-state index contributed by atoms with van der Waals surface area (Å²) in [5, 5.41) is 13.9. The number of hydrogen-bond acceptors (Lipinski definition) is 4. The molecule has 0 aliphatic carbocycles. The van der Waals surface area contributed by atoms with E-state index < -0.39 is 18.6 Å². The third-order valence-electron chi connectivity index (χ3n) is 3.95. The number of nitrogens with zero attached hydrogens (tertiary/aromatic N) is 2. The third-order valence-corrected chi connectivity index (χ3v) is 3.95. The maximum atomic E-state index is 13.7. The summed E-state index contributed by atoms with van der Waals surface area (Å²) < 4.78 is 57.7. The Morgan fingerprint density at radius 1 is 1.15 bits per heavy atom. The minimum absolute atomic E-state index is 0.0275. The van der Waals surface area contributed by atoms with Crippen LogP contribution in [0.4, 0.5) is 23.4 Å². The molecule has 3 N–H and O–H groups in total. The van der Waals surface area contributed by atoms with Crippen LogP contribution in [0.5, 0.6) is 5.75 Å². The summed E-state index contributed by atoms with van der Waals surface area (Å²) in [4.78, 5) is 0. The molecule has 3 rings (SSSR count). The zero-order chi connectivity index (χ0) is 19.6. The van der Waals surface area contributed by atoms with E-state index in [9.17, 15) is 17.6 Å². The van der Waals surface area contributed by atoms with Crippen molar-refractivity contribution < 1.29 is 27.4 Å². The Hall–Kier alpha value is -2.81. The lowest BCUT2D eigenvalue weighted by Crippen LogP contribution is -2.19. The van der Waals surface area contributed by atoms with Crippen molar-refractivity contribution in [3.05, 3.63) is 42.2 Å². The van der Waals surface area contributed by atoms with Gasteiger partial charge in [0.2, 0.25) is 0 Å². The summed E-state index contributed by atoms with van der Waals surface area (Å²) in [6.45, 7) is -1.09. The maximum Gasteiger partial charge on any atom is 0.422 e. The predicted molar refractivity (Wildman–Crippen MR) is 92.8 cm³/mol. The van der Waals surface area contributed by atoms with Gasteiger partial charge in [0.25, 0.3) is 0 Å². The average molecular weight is 383 g/mol. The van der Waals surface area contributed by atoms with Crippen molar-refractivity contribution in [1.82, 2.24) is 9.78 Å². The van der Waals surface area contributed by atoms with E-state index in [-0.39, 0.29) is 17.9 Å². The molecule has 2 aromatic carbocycles. The van der Waals surface area contributed by atoms with Crippen molar-refractivity contribution in [2.24, 2.45) is 0 Å². The van der Waals surface area contributed by atoms with Crippen LogP contribution < -0.4 is 10.5 Å². The Bertz CT molecular complexity index is 954. The average Bonchev–Trinajstić information content (AvgIpc) is 2.93. The van der Waals surface area contributed by atoms with Crippen LogP contribution in [0.25, 0.3) is 22.0 Å². The molecule has 1 heterocycles. The quantitative estimate of drug-likeness (QED) is 0.636. The number of alkyl halides is 3. The highest BCUT2D eigenvalue weighted by atomic mass is 19.4. The van der Waals surface area contributed by atoms with Crippen molar-refractivity contribution in [3.8, 4) is 16.9 Å². The minimum Gasteiger partial charge on any atom is -0.483 e. The number of rotatable bonds is 6. The smallest absolute Gasteiger partial charge is 0.422 e. The van der Waals surface area contributed by atoms with E-state index >= 15 is 0 Å². The highest BCUT2D eigenvalue weighted by molar-refractivity contribution is 5.92. The van der Waals surface area contributed by atoms with Gasteiger partial charge in [0.15, 0.2) is 12.4 Å². The lowest BCUT2D eigenvalue weighted by molar-refractivity contribution is -0.153. The second-order valence-corrected chi connectivity index (χ2v) is 5.96. The SMILES string of the molecule is Nc1nn(CCCO)c2cc(-c3cc(F)ccc3OCC(F)(F)F)ccc12. The number of aryl methyl sites for hydroxylation is 1. The molecule has 1 aromatic heterocycles. The summed E-state index contributed by atoms with van der Waals surface area (Å²) in [6, 6.07) is 8.26. The fourth-order valence-electron chi connectivity index (χ4n) is 2.77. The number of halogens is 4. The number of ether oxygens (including phenoxy) is 1. The van der Waals surface area contributed by atoms with Gasteiger partial charge in [-0.2, -0.15) is 18.3 Å². The van der Waals surface area contributed by atoms with Gasteiger partial charge in [0.1, 0.15) is 11.6 Å². The van der Waals surface area contributed by atoms with Gasteiger partial charge in [-0.05, 0) is 42.3 Å². The standard InChI is InChI=1S/C18H17F4N3O2/c19-12-3-5-16(27-10-18(20,21)22)14(9-12)11-2-4-13-15(8-11)25(6-1-7-26)24-17(13)23/h2-5,8-9,26H,1,6-7,10H2,(H2,23,24). The van der Waals surface area contributed by atoms with Crippen molar-refractivity contribution in [3.63, 3.8) is 0 Å². The second-order valence-electron chi connectivity index (χ2n) is 5.96. The lowest BCUT2D eigenvalue weighted by atomic mass is 10.0. The Kier molecular flexibility index (Phi) is 5.22. The van der Waals surface area contributed by atoms with Gasteiger partial charge in [-0.15, -0.1) is 0 Å². The summed E-state index contributed by atoms with van der Waals surface area (Å²) in [7, 11) is 0. The van der Waals surface area contributed by atoms with Crippen LogP contribution in [-0.2, 0) is 6.54 Å². The molecular weight excluding hydrogens is 366 g/mol. The zero-order valence-electron chi connectivity index (χ0n) is 14.1. The Balaban J connectivity index is 2.05. The van der Waals surface area contributed by atoms with Gasteiger partial charge >= 0.3 is 6.18 Å². The van der Waals surface area contributed by atoms with E-state index in [1.807, 2.05) is 0 Å². The van der Waals surface area contributed by atoms with Gasteiger partial charge in [-0.1, -0.05) is 6.07 Å². The van der Waals surface area contributed by atoms with Crippen molar-refractivity contribution in [2.75, 3.05) is 18.9 Å². The van der Waals surface area contributed by atoms with E-state index in [1.165, 1.54) is 0 Å². The van der Waals surface area contributed by atoms with Gasteiger partial charge in [0, 0.05) is 24.1 Å². The molecule has 0 radical (unpaired) electrons. The highest BCUT2D eigenvalue weighted by Gasteiger charge is 2.29.